The summed E-state index contributed by atoms with van der Waals surface area (Å²) in [5, 5.41) is 16.2. The summed E-state index contributed by atoms with van der Waals surface area (Å²) in [6, 6.07) is 6.03. The first-order valence-electron chi connectivity index (χ1n) is 15.0. The van der Waals surface area contributed by atoms with Crippen molar-refractivity contribution in [1.82, 2.24) is 10.2 Å². The molecular formula is C34H40F3N3O7. The van der Waals surface area contributed by atoms with Crippen LogP contribution in [0.3, 0.4) is 0 Å². The number of ether oxygens (including phenoxy) is 2. The van der Waals surface area contributed by atoms with E-state index in [9.17, 15) is 37.5 Å². The number of allylic oxidation sites excluding steroid dienone is 1. The van der Waals surface area contributed by atoms with Crippen LogP contribution in [0.2, 0.25) is 0 Å². The maximum Gasteiger partial charge on any atom is 0.308 e. The third-order valence-corrected chi connectivity index (χ3v) is 7.48. The zero-order valence-corrected chi connectivity index (χ0v) is 26.8. The summed E-state index contributed by atoms with van der Waals surface area (Å²) < 4.78 is 52.1. The van der Waals surface area contributed by atoms with Gasteiger partial charge in [-0.3, -0.25) is 24.1 Å². The SMILES string of the molecule is C=CCOC(=O)C[C@H](NC(=O)[C@@H]1CC=CCN(C(O)C(=O)Nc2ccccc2C(C)(C)C)C1)C(=O)COc1c(C)c(F)cc(F)c1F. The highest BCUT2D eigenvalue weighted by Crippen LogP contribution is 2.30. The average Bonchev–Trinajstić information content (AvgIpc) is 3.28. The van der Waals surface area contributed by atoms with Crippen molar-refractivity contribution in [3.63, 3.8) is 0 Å². The van der Waals surface area contributed by atoms with Gasteiger partial charge >= 0.3 is 5.97 Å². The molecule has 2 aromatic carbocycles. The van der Waals surface area contributed by atoms with E-state index < -0.39 is 78.0 Å². The fraction of sp³-hybridized carbons (Fsp3) is 0.412. The molecule has 1 heterocycles. The van der Waals surface area contributed by atoms with Crippen molar-refractivity contribution >= 4 is 29.3 Å². The van der Waals surface area contributed by atoms with E-state index in [-0.39, 0.29) is 37.1 Å². The Balaban J connectivity index is 1.74. The Morgan fingerprint density at radius 2 is 1.83 bits per heavy atom. The van der Waals surface area contributed by atoms with Gasteiger partial charge in [-0.25, -0.2) is 8.78 Å². The number of aliphatic hydroxyl groups excluding tert-OH is 1. The lowest BCUT2D eigenvalue weighted by Gasteiger charge is -2.29. The normalized spacial score (nSPS) is 16.4. The number of nitrogens with one attached hydrogen (secondary N) is 2. The monoisotopic (exact) mass is 659 g/mol. The highest BCUT2D eigenvalue weighted by molar-refractivity contribution is 5.95. The highest BCUT2D eigenvalue weighted by atomic mass is 19.2. The number of aliphatic hydroxyl groups is 1. The van der Waals surface area contributed by atoms with Crippen LogP contribution in [-0.2, 0) is 29.3 Å². The van der Waals surface area contributed by atoms with Gasteiger partial charge in [0, 0.05) is 30.4 Å². The van der Waals surface area contributed by atoms with Gasteiger partial charge in [0.05, 0.1) is 12.3 Å². The van der Waals surface area contributed by atoms with Crippen molar-refractivity contribution in [3.8, 4) is 5.75 Å². The van der Waals surface area contributed by atoms with Crippen LogP contribution in [-0.4, -0.2) is 72.1 Å². The Kier molecular flexibility index (Phi) is 12.9. The summed E-state index contributed by atoms with van der Waals surface area (Å²) in [4.78, 5) is 53.5. The number of esters is 1. The van der Waals surface area contributed by atoms with Gasteiger partial charge in [-0.1, -0.05) is 63.8 Å². The van der Waals surface area contributed by atoms with E-state index in [2.05, 4.69) is 17.2 Å². The van der Waals surface area contributed by atoms with Crippen LogP contribution in [0.15, 0.2) is 55.1 Å². The number of carbonyl (C=O) groups is 4. The lowest BCUT2D eigenvalue weighted by atomic mass is 9.86. The molecule has 0 radical (unpaired) electrons. The van der Waals surface area contributed by atoms with Crippen LogP contribution in [0.1, 0.15) is 44.7 Å². The highest BCUT2D eigenvalue weighted by Gasteiger charge is 2.33. The van der Waals surface area contributed by atoms with Gasteiger partial charge in [-0.05, 0) is 30.4 Å². The molecule has 0 aliphatic carbocycles. The molecule has 0 bridgehead atoms. The number of amides is 2. The molecule has 3 atom stereocenters. The number of ketones is 1. The topological polar surface area (TPSA) is 134 Å². The minimum atomic E-state index is -1.63. The van der Waals surface area contributed by atoms with Crippen molar-refractivity contribution < 1.29 is 46.9 Å². The number of benzene rings is 2. The number of anilines is 1. The summed E-state index contributed by atoms with van der Waals surface area (Å²) in [6.07, 6.45) is 2.58. The van der Waals surface area contributed by atoms with Crippen LogP contribution in [0, 0.1) is 30.3 Å². The number of para-hydroxylation sites is 1. The maximum atomic E-state index is 14.3. The summed E-state index contributed by atoms with van der Waals surface area (Å²) in [5.41, 5.74) is 0.727. The summed E-state index contributed by atoms with van der Waals surface area (Å²) in [6.45, 7) is 9.47. The first-order valence-corrected chi connectivity index (χ1v) is 15.0. The van der Waals surface area contributed by atoms with Crippen LogP contribution >= 0.6 is 0 Å². The summed E-state index contributed by atoms with van der Waals surface area (Å²) in [5.74, 6) is -8.99. The second-order valence-corrected chi connectivity index (χ2v) is 12.1. The number of rotatable bonds is 13. The Morgan fingerprint density at radius 1 is 1.13 bits per heavy atom. The van der Waals surface area contributed by atoms with Gasteiger partial charge in [0.25, 0.3) is 5.91 Å². The maximum absolute atomic E-state index is 14.3. The van der Waals surface area contributed by atoms with E-state index in [1.807, 2.05) is 32.9 Å². The molecule has 1 aliphatic heterocycles. The number of halogens is 3. The number of Topliss-reactive ketones (excluding diaryl/α,β-unsaturated/α-hetero) is 1. The van der Waals surface area contributed by atoms with E-state index in [0.717, 1.165) is 12.5 Å². The number of nitrogens with zero attached hydrogens (tertiary/aromatic N) is 1. The number of hydrogen-bond acceptors (Lipinski definition) is 8. The average molecular weight is 660 g/mol. The molecule has 1 unspecified atom stereocenters. The summed E-state index contributed by atoms with van der Waals surface area (Å²) >= 11 is 0. The van der Waals surface area contributed by atoms with Gasteiger partial charge in [-0.15, -0.1) is 0 Å². The largest absolute Gasteiger partial charge is 0.482 e. The molecule has 47 heavy (non-hydrogen) atoms. The van der Waals surface area contributed by atoms with Crippen molar-refractivity contribution in [2.24, 2.45) is 5.92 Å². The second-order valence-electron chi connectivity index (χ2n) is 12.1. The predicted molar refractivity (Wildman–Crippen MR) is 168 cm³/mol. The Morgan fingerprint density at radius 3 is 2.51 bits per heavy atom. The van der Waals surface area contributed by atoms with Crippen molar-refractivity contribution in [2.45, 2.75) is 58.2 Å². The molecule has 0 saturated carbocycles. The molecule has 3 rings (SSSR count). The third kappa shape index (κ3) is 10.00. The van der Waals surface area contributed by atoms with E-state index in [0.29, 0.717) is 11.8 Å². The Hall–Kier alpha value is -4.49. The van der Waals surface area contributed by atoms with Crippen molar-refractivity contribution in [3.05, 3.63) is 83.7 Å². The number of hydrogen-bond donors (Lipinski definition) is 3. The molecule has 254 valence electrons. The van der Waals surface area contributed by atoms with Crippen LogP contribution in [0.25, 0.3) is 0 Å². The first kappa shape index (κ1) is 37.0. The zero-order valence-electron chi connectivity index (χ0n) is 26.8. The minimum Gasteiger partial charge on any atom is -0.482 e. The third-order valence-electron chi connectivity index (χ3n) is 7.48. The van der Waals surface area contributed by atoms with Gasteiger partial charge in [0.2, 0.25) is 11.7 Å². The molecule has 10 nitrogen and oxygen atoms in total. The smallest absolute Gasteiger partial charge is 0.308 e. The van der Waals surface area contributed by atoms with Gasteiger partial charge in [0.1, 0.15) is 25.1 Å². The molecule has 1 aliphatic rings. The van der Waals surface area contributed by atoms with Gasteiger partial charge in [-0.2, -0.15) is 4.39 Å². The Bertz CT molecular complexity index is 1500. The fourth-order valence-corrected chi connectivity index (χ4v) is 4.89. The molecule has 0 spiro atoms. The molecule has 13 heteroatoms. The van der Waals surface area contributed by atoms with Crippen LogP contribution in [0.5, 0.6) is 5.75 Å². The standard InChI is InChI=1S/C34H40F3N3O7/c1-6-15-46-28(42)17-26(27(41)19-47-30-20(2)23(35)16-24(36)29(30)37)39-31(43)21-11-9-10-14-40(18-21)33(45)32(44)38-25-13-8-7-12-22(25)34(3,4)5/h6-10,12-13,16,21,26,33,45H,1,11,14-15,17-19H2,2-5H3,(H,38,44)(H,39,43)/t21-,26+,33?/m1/s1. The summed E-state index contributed by atoms with van der Waals surface area (Å²) in [7, 11) is 0. The van der Waals surface area contributed by atoms with Gasteiger partial charge in [0.15, 0.2) is 23.6 Å². The van der Waals surface area contributed by atoms with Gasteiger partial charge < -0.3 is 25.2 Å². The lowest BCUT2D eigenvalue weighted by molar-refractivity contribution is -0.145. The molecule has 2 aromatic rings. The van der Waals surface area contributed by atoms with Crippen molar-refractivity contribution in [2.75, 3.05) is 31.6 Å². The minimum absolute atomic E-state index is 0.0976. The van der Waals surface area contributed by atoms with E-state index in [1.165, 1.54) is 11.0 Å². The van der Waals surface area contributed by atoms with E-state index in [1.54, 1.807) is 24.3 Å². The van der Waals surface area contributed by atoms with Crippen LogP contribution < -0.4 is 15.4 Å². The molecule has 3 N–H and O–H groups in total. The van der Waals surface area contributed by atoms with Crippen molar-refractivity contribution in [1.29, 1.82) is 0 Å². The molecule has 0 fully saturated rings. The zero-order chi connectivity index (χ0) is 34.9. The second kappa shape index (κ2) is 16.4. The quantitative estimate of drug-likeness (QED) is 0.166. The van der Waals surface area contributed by atoms with E-state index >= 15 is 0 Å². The molecular weight excluding hydrogens is 619 g/mol. The van der Waals surface area contributed by atoms with E-state index in [4.69, 9.17) is 9.47 Å². The first-order chi connectivity index (χ1) is 22.1. The lowest BCUT2D eigenvalue weighted by Crippen LogP contribution is -2.51. The number of carbonyl (C=O) groups excluding carboxylic acids is 4. The molecule has 0 aromatic heterocycles. The molecule has 0 saturated heterocycles. The predicted octanol–water partition coefficient (Wildman–Crippen LogP) is 4.10. The fourth-order valence-electron chi connectivity index (χ4n) is 4.89. The Labute approximate surface area is 271 Å². The molecule has 2 amide bonds. The van der Waals surface area contributed by atoms with Crippen LogP contribution in [0.4, 0.5) is 18.9 Å².